The summed E-state index contributed by atoms with van der Waals surface area (Å²) in [6, 6.07) is 5.75. The van der Waals surface area contributed by atoms with E-state index in [2.05, 4.69) is 24.4 Å². The lowest BCUT2D eigenvalue weighted by atomic mass is 10.1. The summed E-state index contributed by atoms with van der Waals surface area (Å²) >= 11 is 0. The molecule has 0 radical (unpaired) electrons. The van der Waals surface area contributed by atoms with Crippen molar-refractivity contribution in [1.29, 1.82) is 0 Å². The van der Waals surface area contributed by atoms with Gasteiger partial charge in [-0.05, 0) is 31.9 Å². The van der Waals surface area contributed by atoms with E-state index in [0.29, 0.717) is 17.7 Å². The molecule has 1 fully saturated rings. The second-order valence-electron chi connectivity index (χ2n) is 6.65. The fourth-order valence-electron chi connectivity index (χ4n) is 3.72. The smallest absolute Gasteiger partial charge is 0.237 e. The van der Waals surface area contributed by atoms with E-state index in [1.165, 1.54) is 0 Å². The molecule has 1 aliphatic rings. The van der Waals surface area contributed by atoms with Gasteiger partial charge in [-0.25, -0.2) is 19.8 Å². The van der Waals surface area contributed by atoms with Crippen LogP contribution in [-0.4, -0.2) is 42.3 Å². The molecule has 8 nitrogen and oxygen atoms in total. The van der Waals surface area contributed by atoms with Gasteiger partial charge in [-0.15, -0.1) is 0 Å². The highest BCUT2D eigenvalue weighted by Gasteiger charge is 2.22. The van der Waals surface area contributed by atoms with E-state index in [0.717, 1.165) is 54.1 Å². The van der Waals surface area contributed by atoms with E-state index in [1.54, 1.807) is 18.6 Å². The molecule has 27 heavy (non-hydrogen) atoms. The molecule has 3 aromatic heterocycles. The molecule has 0 amide bonds. The topological polar surface area (TPSA) is 75.0 Å². The molecule has 1 aliphatic heterocycles. The average Bonchev–Trinajstić information content (AvgIpc) is 3.27. The minimum absolute atomic E-state index is 0.333. The van der Waals surface area contributed by atoms with Crippen LogP contribution in [0.1, 0.15) is 24.7 Å². The number of ether oxygens (including phenoxy) is 1. The van der Waals surface area contributed by atoms with Crippen molar-refractivity contribution in [3.05, 3.63) is 48.0 Å². The van der Waals surface area contributed by atoms with Gasteiger partial charge in [-0.3, -0.25) is 4.57 Å². The number of aromatic nitrogens is 6. The molecular weight excluding hydrogens is 342 g/mol. The summed E-state index contributed by atoms with van der Waals surface area (Å²) in [5.74, 6) is 1.47. The van der Waals surface area contributed by atoms with E-state index in [4.69, 9.17) is 16.3 Å². The van der Waals surface area contributed by atoms with Gasteiger partial charge in [0, 0.05) is 19.3 Å². The molecule has 0 unspecified atom stereocenters. The highest BCUT2D eigenvalue weighted by Crippen LogP contribution is 2.28. The molecule has 8 heteroatoms. The van der Waals surface area contributed by atoms with Crippen molar-refractivity contribution >= 4 is 27.9 Å². The van der Waals surface area contributed by atoms with E-state index in [-0.39, 0.29) is 0 Å². The Labute approximate surface area is 155 Å². The molecule has 0 spiro atoms. The monoisotopic (exact) mass is 359 g/mol. The molecule has 0 bridgehead atoms. The summed E-state index contributed by atoms with van der Waals surface area (Å²) in [5.41, 5.74) is 3.80. The van der Waals surface area contributed by atoms with Crippen molar-refractivity contribution in [1.82, 2.24) is 29.1 Å². The number of benzene rings is 1. The van der Waals surface area contributed by atoms with Crippen LogP contribution in [0.4, 0.5) is 5.69 Å². The van der Waals surface area contributed by atoms with Gasteiger partial charge < -0.3 is 9.30 Å². The highest BCUT2D eigenvalue weighted by molar-refractivity contribution is 5.81. The number of nitrogens with zero attached hydrogens (tertiary/aromatic N) is 7. The first-order chi connectivity index (χ1) is 13.2. The third-order valence-electron chi connectivity index (χ3n) is 5.03. The maximum atomic E-state index is 7.24. The predicted molar refractivity (Wildman–Crippen MR) is 100 cm³/mol. The minimum atomic E-state index is 0.333. The van der Waals surface area contributed by atoms with Gasteiger partial charge in [0.1, 0.15) is 17.7 Å². The first-order valence-corrected chi connectivity index (χ1v) is 8.89. The number of hydrogen-bond acceptors (Lipinski definition) is 5. The summed E-state index contributed by atoms with van der Waals surface area (Å²) in [6.45, 7) is 10.8. The number of fused-ring (bicyclic) bond motifs is 2. The molecule has 0 N–H and O–H groups in total. The number of rotatable bonds is 2. The van der Waals surface area contributed by atoms with Crippen LogP contribution in [0, 0.1) is 13.5 Å². The Morgan fingerprint density at radius 2 is 2.00 bits per heavy atom. The van der Waals surface area contributed by atoms with E-state index < -0.39 is 0 Å². The zero-order chi connectivity index (χ0) is 18.4. The third-order valence-corrected chi connectivity index (χ3v) is 5.03. The predicted octanol–water partition coefficient (Wildman–Crippen LogP) is 3.38. The van der Waals surface area contributed by atoms with Gasteiger partial charge in [-0.2, -0.15) is 4.98 Å². The molecule has 4 heterocycles. The van der Waals surface area contributed by atoms with Crippen LogP contribution in [0.5, 0.6) is 0 Å². The maximum absolute atomic E-state index is 7.24. The van der Waals surface area contributed by atoms with Crippen LogP contribution >= 0.6 is 0 Å². The largest absolute Gasteiger partial charge is 0.381 e. The zero-order valence-electron chi connectivity index (χ0n) is 14.8. The first-order valence-electron chi connectivity index (χ1n) is 8.89. The number of aryl methyl sites for hydroxylation is 1. The van der Waals surface area contributed by atoms with E-state index in [9.17, 15) is 0 Å². The lowest BCUT2D eigenvalue weighted by molar-refractivity contribution is 0.0699. The van der Waals surface area contributed by atoms with Crippen LogP contribution in [0.15, 0.2) is 30.7 Å². The van der Waals surface area contributed by atoms with Crippen molar-refractivity contribution in [3.8, 4) is 5.95 Å². The quantitative estimate of drug-likeness (QED) is 0.513. The second-order valence-corrected chi connectivity index (χ2v) is 6.65. The standard InChI is InChI=1S/C19H17N7O/c1-12-23-16-10-21-19(24-18(16)26(12)14-5-7-27-8-6-14)25-11-22-15-4-3-13(20-2)9-17(15)25/h3-4,9-11,14H,5-8H2,1H3. The zero-order valence-corrected chi connectivity index (χ0v) is 14.8. The Morgan fingerprint density at radius 3 is 2.81 bits per heavy atom. The number of hydrogen-bond donors (Lipinski definition) is 0. The van der Waals surface area contributed by atoms with Crippen molar-refractivity contribution in [2.24, 2.45) is 0 Å². The molecule has 4 aromatic rings. The summed E-state index contributed by atoms with van der Waals surface area (Å²) < 4.78 is 9.52. The Kier molecular flexibility index (Phi) is 3.62. The highest BCUT2D eigenvalue weighted by atomic mass is 16.5. The summed E-state index contributed by atoms with van der Waals surface area (Å²) in [4.78, 5) is 21.8. The molecule has 0 aliphatic carbocycles. The Balaban J connectivity index is 1.68. The minimum Gasteiger partial charge on any atom is -0.381 e. The van der Waals surface area contributed by atoms with Crippen LogP contribution in [0.25, 0.3) is 33.0 Å². The van der Waals surface area contributed by atoms with Gasteiger partial charge in [-0.1, -0.05) is 6.07 Å². The normalized spacial score (nSPS) is 15.4. The number of imidazole rings is 2. The van der Waals surface area contributed by atoms with Crippen molar-refractivity contribution in [2.45, 2.75) is 25.8 Å². The molecular formula is C19H17N7O. The molecule has 5 rings (SSSR count). The summed E-state index contributed by atoms with van der Waals surface area (Å²) in [5, 5.41) is 0. The Morgan fingerprint density at radius 1 is 1.15 bits per heavy atom. The molecule has 1 aromatic carbocycles. The fourth-order valence-corrected chi connectivity index (χ4v) is 3.72. The fraction of sp³-hybridized carbons (Fsp3) is 0.316. The van der Waals surface area contributed by atoms with Crippen LogP contribution in [0.3, 0.4) is 0 Å². The Hall–Kier alpha value is -3.31. The molecule has 0 saturated carbocycles. The van der Waals surface area contributed by atoms with Crippen LogP contribution in [-0.2, 0) is 4.74 Å². The van der Waals surface area contributed by atoms with Gasteiger partial charge in [0.2, 0.25) is 5.95 Å². The molecule has 0 atom stereocenters. The molecule has 134 valence electrons. The van der Waals surface area contributed by atoms with E-state index in [1.807, 2.05) is 23.6 Å². The van der Waals surface area contributed by atoms with Crippen molar-refractivity contribution in [2.75, 3.05) is 13.2 Å². The summed E-state index contributed by atoms with van der Waals surface area (Å²) in [6.07, 6.45) is 5.36. The van der Waals surface area contributed by atoms with Crippen molar-refractivity contribution < 1.29 is 4.74 Å². The first kappa shape index (κ1) is 15.9. The lowest BCUT2D eigenvalue weighted by Crippen LogP contribution is -2.20. The lowest BCUT2D eigenvalue weighted by Gasteiger charge is -2.24. The average molecular weight is 359 g/mol. The van der Waals surface area contributed by atoms with Gasteiger partial charge in [0.05, 0.1) is 23.8 Å². The van der Waals surface area contributed by atoms with Crippen molar-refractivity contribution in [3.63, 3.8) is 0 Å². The SMILES string of the molecule is [C-]#[N+]c1ccc2ncn(-c3ncc4nc(C)n(C5CCOCC5)c4n3)c2c1. The van der Waals surface area contributed by atoms with Crippen LogP contribution in [0.2, 0.25) is 0 Å². The molecule has 1 saturated heterocycles. The van der Waals surface area contributed by atoms with E-state index >= 15 is 0 Å². The summed E-state index contributed by atoms with van der Waals surface area (Å²) in [7, 11) is 0. The van der Waals surface area contributed by atoms with Crippen LogP contribution < -0.4 is 0 Å². The second kappa shape index (κ2) is 6.14. The van der Waals surface area contributed by atoms with Gasteiger partial charge in [0.25, 0.3) is 0 Å². The third kappa shape index (κ3) is 2.55. The Bertz CT molecular complexity index is 1190. The van der Waals surface area contributed by atoms with Gasteiger partial charge in [0.15, 0.2) is 11.3 Å². The maximum Gasteiger partial charge on any atom is 0.237 e. The van der Waals surface area contributed by atoms with Gasteiger partial charge >= 0.3 is 0 Å².